The minimum Gasteiger partial charge on any atom is -0.325 e. The maximum atomic E-state index is 12.8. The number of nitrogens with zero attached hydrogens (tertiary/aromatic N) is 1. The second kappa shape index (κ2) is 8.17. The SMILES string of the molecule is CCCCN(CC(=O)Nc1ccc(Cl)c(C(F)(F)F)c1)S(C)(=O)=O. The molecule has 5 nitrogen and oxygen atoms in total. The molecule has 1 rings (SSSR count). The van der Waals surface area contributed by atoms with E-state index in [0.29, 0.717) is 12.5 Å². The topological polar surface area (TPSA) is 66.5 Å². The van der Waals surface area contributed by atoms with Gasteiger partial charge >= 0.3 is 6.18 Å². The predicted octanol–water partition coefficient (Wildman–Crippen LogP) is 3.36. The van der Waals surface area contributed by atoms with Gasteiger partial charge < -0.3 is 5.32 Å². The van der Waals surface area contributed by atoms with Crippen LogP contribution < -0.4 is 5.32 Å². The van der Waals surface area contributed by atoms with E-state index in [1.807, 2.05) is 6.92 Å². The van der Waals surface area contributed by atoms with E-state index in [1.165, 1.54) is 6.07 Å². The number of amides is 1. The van der Waals surface area contributed by atoms with E-state index in [0.717, 1.165) is 23.0 Å². The third-order valence-electron chi connectivity index (χ3n) is 3.11. The van der Waals surface area contributed by atoms with Crippen molar-refractivity contribution in [2.24, 2.45) is 0 Å². The average Bonchev–Trinajstić information content (AvgIpc) is 2.43. The van der Waals surface area contributed by atoms with E-state index >= 15 is 0 Å². The van der Waals surface area contributed by atoms with Crippen molar-refractivity contribution in [2.45, 2.75) is 25.9 Å². The molecule has 1 aromatic carbocycles. The number of hydrogen-bond acceptors (Lipinski definition) is 3. The Morgan fingerprint density at radius 1 is 1.33 bits per heavy atom. The van der Waals surface area contributed by atoms with Crippen LogP contribution in [0.15, 0.2) is 18.2 Å². The first-order chi connectivity index (χ1) is 10.9. The van der Waals surface area contributed by atoms with Gasteiger partial charge in [0.05, 0.1) is 23.4 Å². The molecule has 0 bridgehead atoms. The Kier molecular flexibility index (Phi) is 7.06. The highest BCUT2D eigenvalue weighted by atomic mass is 35.5. The van der Waals surface area contributed by atoms with E-state index < -0.39 is 39.2 Å². The van der Waals surface area contributed by atoms with Gasteiger partial charge in [-0.2, -0.15) is 17.5 Å². The molecule has 1 amide bonds. The summed E-state index contributed by atoms with van der Waals surface area (Å²) in [5.74, 6) is -0.730. The van der Waals surface area contributed by atoms with Crippen molar-refractivity contribution in [1.29, 1.82) is 0 Å². The second-order valence-electron chi connectivity index (χ2n) is 5.19. The third kappa shape index (κ3) is 6.29. The number of carbonyl (C=O) groups is 1. The van der Waals surface area contributed by atoms with Gasteiger partial charge in [0.1, 0.15) is 0 Å². The second-order valence-corrected chi connectivity index (χ2v) is 7.58. The predicted molar refractivity (Wildman–Crippen MR) is 86.4 cm³/mol. The third-order valence-corrected chi connectivity index (χ3v) is 4.68. The summed E-state index contributed by atoms with van der Waals surface area (Å²) in [4.78, 5) is 11.9. The number of rotatable bonds is 7. The molecule has 0 fully saturated rings. The van der Waals surface area contributed by atoms with Crippen LogP contribution in [-0.4, -0.2) is 38.0 Å². The fourth-order valence-electron chi connectivity index (χ4n) is 1.88. The van der Waals surface area contributed by atoms with Crippen LogP contribution >= 0.6 is 11.6 Å². The van der Waals surface area contributed by atoms with Gasteiger partial charge in [-0.15, -0.1) is 0 Å². The Hall–Kier alpha value is -1.32. The highest BCUT2D eigenvalue weighted by Gasteiger charge is 2.33. The maximum absolute atomic E-state index is 12.8. The van der Waals surface area contributed by atoms with Gasteiger partial charge in [0.2, 0.25) is 15.9 Å². The lowest BCUT2D eigenvalue weighted by atomic mass is 10.2. The molecule has 136 valence electrons. The zero-order chi connectivity index (χ0) is 18.5. The van der Waals surface area contributed by atoms with Gasteiger partial charge in [-0.05, 0) is 24.6 Å². The number of nitrogens with one attached hydrogen (secondary N) is 1. The summed E-state index contributed by atoms with van der Waals surface area (Å²) in [6.07, 6.45) is -2.38. The van der Waals surface area contributed by atoms with Crippen LogP contribution in [0, 0.1) is 0 Å². The molecule has 0 saturated carbocycles. The van der Waals surface area contributed by atoms with Crippen LogP contribution in [0.4, 0.5) is 18.9 Å². The standard InChI is InChI=1S/C14H18ClF3N2O3S/c1-3-4-7-20(24(2,22)23)9-13(21)19-10-5-6-12(15)11(8-10)14(16,17)18/h5-6,8H,3-4,7,9H2,1-2H3,(H,19,21). The zero-order valence-electron chi connectivity index (χ0n) is 13.2. The van der Waals surface area contributed by atoms with Crippen LogP contribution in [0.5, 0.6) is 0 Å². The summed E-state index contributed by atoms with van der Waals surface area (Å²) >= 11 is 5.50. The zero-order valence-corrected chi connectivity index (χ0v) is 14.7. The number of sulfonamides is 1. The number of unbranched alkanes of at least 4 members (excludes halogenated alkanes) is 1. The van der Waals surface area contributed by atoms with Crippen molar-refractivity contribution in [1.82, 2.24) is 4.31 Å². The average molecular weight is 387 g/mol. The lowest BCUT2D eigenvalue weighted by molar-refractivity contribution is -0.137. The van der Waals surface area contributed by atoms with Crippen molar-refractivity contribution >= 4 is 33.2 Å². The normalized spacial score (nSPS) is 12.5. The van der Waals surface area contributed by atoms with Crippen molar-refractivity contribution in [2.75, 3.05) is 24.7 Å². The first-order valence-corrected chi connectivity index (χ1v) is 9.29. The van der Waals surface area contributed by atoms with E-state index in [2.05, 4.69) is 5.32 Å². The smallest absolute Gasteiger partial charge is 0.325 e. The van der Waals surface area contributed by atoms with Crippen molar-refractivity contribution in [3.05, 3.63) is 28.8 Å². The molecule has 1 N–H and O–H groups in total. The number of benzene rings is 1. The summed E-state index contributed by atoms with van der Waals surface area (Å²) in [6.45, 7) is 1.56. The quantitative estimate of drug-likeness (QED) is 0.781. The first-order valence-electron chi connectivity index (χ1n) is 7.07. The highest BCUT2D eigenvalue weighted by Crippen LogP contribution is 2.36. The van der Waals surface area contributed by atoms with Gasteiger partial charge in [0.25, 0.3) is 0 Å². The number of carbonyl (C=O) groups excluding carboxylic acids is 1. The number of halogens is 4. The van der Waals surface area contributed by atoms with Gasteiger partial charge in [-0.3, -0.25) is 4.79 Å². The van der Waals surface area contributed by atoms with Crippen molar-refractivity contribution in [3.63, 3.8) is 0 Å². The highest BCUT2D eigenvalue weighted by molar-refractivity contribution is 7.88. The van der Waals surface area contributed by atoms with E-state index in [1.54, 1.807) is 0 Å². The lowest BCUT2D eigenvalue weighted by Gasteiger charge is -2.19. The lowest BCUT2D eigenvalue weighted by Crippen LogP contribution is -2.38. The van der Waals surface area contributed by atoms with Crippen LogP contribution in [0.1, 0.15) is 25.3 Å². The summed E-state index contributed by atoms with van der Waals surface area (Å²) in [7, 11) is -3.59. The molecule has 0 aliphatic carbocycles. The molecule has 0 aromatic heterocycles. The van der Waals surface area contributed by atoms with Crippen molar-refractivity contribution in [3.8, 4) is 0 Å². The molecule has 0 saturated heterocycles. The molecular weight excluding hydrogens is 369 g/mol. The Balaban J connectivity index is 2.87. The van der Waals surface area contributed by atoms with E-state index in [-0.39, 0.29) is 12.2 Å². The fraction of sp³-hybridized carbons (Fsp3) is 0.500. The summed E-state index contributed by atoms with van der Waals surface area (Å²) in [5, 5.41) is 1.77. The molecule has 0 unspecified atom stereocenters. The molecule has 1 aromatic rings. The molecule has 0 aliphatic rings. The molecule has 10 heteroatoms. The monoisotopic (exact) mass is 386 g/mol. The van der Waals surface area contributed by atoms with E-state index in [9.17, 15) is 26.4 Å². The molecule has 24 heavy (non-hydrogen) atoms. The van der Waals surface area contributed by atoms with Gasteiger partial charge in [-0.25, -0.2) is 8.42 Å². The van der Waals surface area contributed by atoms with Gasteiger partial charge in [-0.1, -0.05) is 24.9 Å². The molecule has 0 spiro atoms. The Morgan fingerprint density at radius 2 is 1.96 bits per heavy atom. The fourth-order valence-corrected chi connectivity index (χ4v) is 2.91. The van der Waals surface area contributed by atoms with Crippen molar-refractivity contribution < 1.29 is 26.4 Å². The molecular formula is C14H18ClF3N2O3S. The molecule has 0 atom stereocenters. The van der Waals surface area contributed by atoms with Gasteiger partial charge in [0.15, 0.2) is 0 Å². The summed E-state index contributed by atoms with van der Waals surface area (Å²) in [5.41, 5.74) is -1.19. The Labute approximate surface area is 143 Å². The molecule has 0 radical (unpaired) electrons. The Bertz CT molecular complexity index is 693. The van der Waals surface area contributed by atoms with Crippen LogP contribution in [0.2, 0.25) is 5.02 Å². The number of hydrogen-bond donors (Lipinski definition) is 1. The van der Waals surface area contributed by atoms with E-state index in [4.69, 9.17) is 11.6 Å². The maximum Gasteiger partial charge on any atom is 0.417 e. The minimum atomic E-state index is -4.66. The van der Waals surface area contributed by atoms with Crippen LogP contribution in [0.25, 0.3) is 0 Å². The largest absolute Gasteiger partial charge is 0.417 e. The molecule has 0 heterocycles. The van der Waals surface area contributed by atoms with Crippen LogP contribution in [0.3, 0.4) is 0 Å². The summed E-state index contributed by atoms with van der Waals surface area (Å²) < 4.78 is 62.6. The van der Waals surface area contributed by atoms with Gasteiger partial charge in [0, 0.05) is 12.2 Å². The Morgan fingerprint density at radius 3 is 2.46 bits per heavy atom. The first kappa shape index (κ1) is 20.7. The minimum absolute atomic E-state index is 0.110. The molecule has 0 aliphatic heterocycles. The number of alkyl halides is 3. The van der Waals surface area contributed by atoms with Crippen LogP contribution in [-0.2, 0) is 21.0 Å². The summed E-state index contributed by atoms with van der Waals surface area (Å²) in [6, 6.07) is 2.94. The number of anilines is 1.